The first-order chi connectivity index (χ1) is 8.81. The smallest absolute Gasteiger partial charge is 0.229 e. The Kier molecular flexibility index (Phi) is 3.58. The molecule has 2 fully saturated rings. The Labute approximate surface area is 107 Å². The van der Waals surface area contributed by atoms with Crippen molar-refractivity contribution in [2.45, 2.75) is 31.4 Å². The van der Waals surface area contributed by atoms with Crippen LogP contribution >= 0.6 is 0 Å². The Morgan fingerprint density at radius 2 is 2.33 bits per heavy atom. The van der Waals surface area contributed by atoms with Crippen LogP contribution in [0.5, 0.6) is 0 Å². The third-order valence-electron chi connectivity index (χ3n) is 3.41. The van der Waals surface area contributed by atoms with Gasteiger partial charge in [0.2, 0.25) is 5.89 Å². The molecule has 6 heteroatoms. The van der Waals surface area contributed by atoms with E-state index in [4.69, 9.17) is 9.26 Å². The van der Waals surface area contributed by atoms with Crippen LogP contribution in [0.2, 0.25) is 0 Å². The molecule has 1 aliphatic heterocycles. The third-order valence-corrected chi connectivity index (χ3v) is 3.41. The van der Waals surface area contributed by atoms with Gasteiger partial charge in [0, 0.05) is 25.6 Å². The second-order valence-electron chi connectivity index (χ2n) is 5.21. The summed E-state index contributed by atoms with van der Waals surface area (Å²) < 4.78 is 10.9. The molecule has 0 bridgehead atoms. The van der Waals surface area contributed by atoms with E-state index in [0.717, 1.165) is 38.0 Å². The van der Waals surface area contributed by atoms with Crippen molar-refractivity contribution in [2.24, 2.45) is 0 Å². The Bertz CT molecular complexity index is 391. The van der Waals surface area contributed by atoms with E-state index in [2.05, 4.69) is 27.4 Å². The van der Waals surface area contributed by atoms with Crippen molar-refractivity contribution in [1.29, 1.82) is 0 Å². The second kappa shape index (κ2) is 5.34. The fourth-order valence-corrected chi connectivity index (χ4v) is 2.17. The zero-order valence-electron chi connectivity index (χ0n) is 10.8. The summed E-state index contributed by atoms with van der Waals surface area (Å²) in [6.07, 6.45) is 2.65. The van der Waals surface area contributed by atoms with Gasteiger partial charge in [-0.3, -0.25) is 0 Å². The van der Waals surface area contributed by atoms with Crippen molar-refractivity contribution >= 4 is 0 Å². The molecule has 2 aliphatic rings. The number of nitrogens with one attached hydrogen (secondary N) is 1. The lowest BCUT2D eigenvalue weighted by Gasteiger charge is -2.30. The average molecular weight is 252 g/mol. The summed E-state index contributed by atoms with van der Waals surface area (Å²) in [5, 5.41) is 7.30. The van der Waals surface area contributed by atoms with Crippen LogP contribution in [-0.4, -0.2) is 54.4 Å². The van der Waals surface area contributed by atoms with Gasteiger partial charge in [0.25, 0.3) is 0 Å². The van der Waals surface area contributed by atoms with E-state index in [-0.39, 0.29) is 6.10 Å². The number of ether oxygens (including phenoxy) is 1. The highest BCUT2D eigenvalue weighted by molar-refractivity contribution is 5.01. The fraction of sp³-hybridized carbons (Fsp3) is 0.833. The molecule has 0 spiro atoms. The molecule has 1 saturated carbocycles. The largest absolute Gasteiger partial charge is 0.374 e. The predicted octanol–water partition coefficient (Wildman–Crippen LogP) is 0.367. The molecule has 1 N–H and O–H groups in total. The van der Waals surface area contributed by atoms with Crippen LogP contribution in [0.25, 0.3) is 0 Å². The van der Waals surface area contributed by atoms with E-state index in [1.54, 1.807) is 0 Å². The molecule has 3 rings (SSSR count). The van der Waals surface area contributed by atoms with Crippen LogP contribution in [-0.2, 0) is 11.3 Å². The number of likely N-dealkylation sites (N-methyl/N-ethyl adjacent to an activating group) is 1. The summed E-state index contributed by atoms with van der Waals surface area (Å²) in [5.74, 6) is 2.09. The summed E-state index contributed by atoms with van der Waals surface area (Å²) in [6.45, 7) is 4.30. The van der Waals surface area contributed by atoms with Gasteiger partial charge in [0.1, 0.15) is 0 Å². The van der Waals surface area contributed by atoms with Crippen LogP contribution in [0.4, 0.5) is 0 Å². The average Bonchev–Trinajstić information content (AvgIpc) is 3.10. The van der Waals surface area contributed by atoms with Crippen LogP contribution < -0.4 is 5.32 Å². The van der Waals surface area contributed by atoms with Crippen LogP contribution in [0.15, 0.2) is 4.52 Å². The summed E-state index contributed by atoms with van der Waals surface area (Å²) in [5.41, 5.74) is 0. The highest BCUT2D eigenvalue weighted by atomic mass is 16.5. The molecule has 0 aromatic carbocycles. The summed E-state index contributed by atoms with van der Waals surface area (Å²) in [7, 11) is 2.12. The summed E-state index contributed by atoms with van der Waals surface area (Å²) in [4.78, 5) is 6.67. The molecule has 1 aliphatic carbocycles. The van der Waals surface area contributed by atoms with Crippen molar-refractivity contribution < 1.29 is 9.26 Å². The maximum Gasteiger partial charge on any atom is 0.229 e. The van der Waals surface area contributed by atoms with Gasteiger partial charge < -0.3 is 19.5 Å². The topological polar surface area (TPSA) is 63.4 Å². The quantitative estimate of drug-likeness (QED) is 0.816. The lowest BCUT2D eigenvalue weighted by atomic mass is 10.3. The number of morpholine rings is 1. The molecule has 0 amide bonds. The number of nitrogens with zero attached hydrogens (tertiary/aromatic N) is 3. The normalized spacial score (nSPS) is 25.5. The van der Waals surface area contributed by atoms with Gasteiger partial charge in [-0.05, 0) is 19.9 Å². The first-order valence-corrected chi connectivity index (χ1v) is 6.64. The van der Waals surface area contributed by atoms with Gasteiger partial charge in [-0.15, -0.1) is 0 Å². The molecular formula is C12H20N4O2. The van der Waals surface area contributed by atoms with Gasteiger partial charge in [-0.1, -0.05) is 5.16 Å². The van der Waals surface area contributed by atoms with Crippen LogP contribution in [0.1, 0.15) is 30.5 Å². The SMILES string of the molecule is CN1CCO[C@@H](CNCc2noc(C3CC3)n2)C1. The Hall–Kier alpha value is -0.980. The number of hydrogen-bond donors (Lipinski definition) is 1. The first kappa shape index (κ1) is 12.1. The molecule has 1 aromatic rings. The standard InChI is InChI=1S/C12H20N4O2/c1-16-4-5-17-10(8-16)6-13-7-11-14-12(18-15-11)9-2-3-9/h9-10,13H,2-8H2,1H3/t10-/m0/s1. The minimum atomic E-state index is 0.263. The monoisotopic (exact) mass is 252 g/mol. The maximum atomic E-state index is 5.67. The van der Waals surface area contributed by atoms with E-state index in [1.165, 1.54) is 12.8 Å². The third kappa shape index (κ3) is 3.07. The zero-order valence-corrected chi connectivity index (χ0v) is 10.8. The zero-order chi connectivity index (χ0) is 12.4. The highest BCUT2D eigenvalue weighted by Crippen LogP contribution is 2.38. The molecule has 2 heterocycles. The lowest BCUT2D eigenvalue weighted by molar-refractivity contribution is -0.0182. The van der Waals surface area contributed by atoms with Crippen molar-refractivity contribution in [3.63, 3.8) is 0 Å². The molecule has 1 aromatic heterocycles. The van der Waals surface area contributed by atoms with Gasteiger partial charge >= 0.3 is 0 Å². The Morgan fingerprint density at radius 3 is 3.11 bits per heavy atom. The van der Waals surface area contributed by atoms with Gasteiger partial charge in [-0.25, -0.2) is 0 Å². The molecule has 0 unspecified atom stereocenters. The van der Waals surface area contributed by atoms with Gasteiger partial charge in [-0.2, -0.15) is 4.98 Å². The summed E-state index contributed by atoms with van der Waals surface area (Å²) in [6, 6.07) is 0. The molecule has 1 saturated heterocycles. The highest BCUT2D eigenvalue weighted by Gasteiger charge is 2.29. The van der Waals surface area contributed by atoms with Crippen molar-refractivity contribution in [2.75, 3.05) is 33.3 Å². The molecule has 18 heavy (non-hydrogen) atoms. The molecule has 1 atom stereocenters. The first-order valence-electron chi connectivity index (χ1n) is 6.64. The lowest BCUT2D eigenvalue weighted by Crippen LogP contribution is -2.44. The second-order valence-corrected chi connectivity index (χ2v) is 5.21. The minimum Gasteiger partial charge on any atom is -0.374 e. The van der Waals surface area contributed by atoms with E-state index >= 15 is 0 Å². The molecule has 100 valence electrons. The van der Waals surface area contributed by atoms with Gasteiger partial charge in [0.15, 0.2) is 5.82 Å². The van der Waals surface area contributed by atoms with Crippen molar-refractivity contribution in [1.82, 2.24) is 20.4 Å². The number of aromatic nitrogens is 2. The summed E-state index contributed by atoms with van der Waals surface area (Å²) >= 11 is 0. The molecular weight excluding hydrogens is 232 g/mol. The number of hydrogen-bond acceptors (Lipinski definition) is 6. The van der Waals surface area contributed by atoms with E-state index in [1.807, 2.05) is 0 Å². The van der Waals surface area contributed by atoms with E-state index in [0.29, 0.717) is 12.5 Å². The van der Waals surface area contributed by atoms with Crippen LogP contribution in [0, 0.1) is 0 Å². The maximum absolute atomic E-state index is 5.67. The van der Waals surface area contributed by atoms with E-state index < -0.39 is 0 Å². The minimum absolute atomic E-state index is 0.263. The van der Waals surface area contributed by atoms with Crippen molar-refractivity contribution in [3.05, 3.63) is 11.7 Å². The Morgan fingerprint density at radius 1 is 1.44 bits per heavy atom. The van der Waals surface area contributed by atoms with Gasteiger partial charge in [0.05, 0.1) is 19.3 Å². The van der Waals surface area contributed by atoms with Crippen molar-refractivity contribution in [3.8, 4) is 0 Å². The predicted molar refractivity (Wildman–Crippen MR) is 65.2 cm³/mol. The van der Waals surface area contributed by atoms with E-state index in [9.17, 15) is 0 Å². The molecule has 0 radical (unpaired) electrons. The molecule has 6 nitrogen and oxygen atoms in total. The van der Waals surface area contributed by atoms with Crippen LogP contribution in [0.3, 0.4) is 0 Å². The Balaban J connectivity index is 1.40. The fourth-order valence-electron chi connectivity index (χ4n) is 2.17. The number of rotatable bonds is 5.